The summed E-state index contributed by atoms with van der Waals surface area (Å²) in [6, 6.07) is 2.94. The maximum absolute atomic E-state index is 3.72. The highest BCUT2D eigenvalue weighted by atomic mass is 32.1. The molecule has 1 N–H and O–H groups in total. The van der Waals surface area contributed by atoms with E-state index in [-0.39, 0.29) is 0 Å². The third-order valence-electron chi connectivity index (χ3n) is 4.55. The summed E-state index contributed by atoms with van der Waals surface area (Å²) in [5.41, 5.74) is 1.53. The largest absolute Gasteiger partial charge is 0.310 e. The molecule has 4 atom stereocenters. The van der Waals surface area contributed by atoms with Gasteiger partial charge in [0.2, 0.25) is 0 Å². The van der Waals surface area contributed by atoms with Gasteiger partial charge in [-0.15, -0.1) is 0 Å². The van der Waals surface area contributed by atoms with Crippen molar-refractivity contribution in [2.45, 2.75) is 38.6 Å². The molecule has 3 rings (SSSR count). The van der Waals surface area contributed by atoms with Gasteiger partial charge in [-0.3, -0.25) is 0 Å². The normalized spacial score (nSPS) is 34.4. The molecule has 0 amide bonds. The Morgan fingerprint density at radius 1 is 1.44 bits per heavy atom. The molecule has 2 heteroatoms. The zero-order valence-electron chi connectivity index (χ0n) is 9.99. The Morgan fingerprint density at radius 3 is 2.94 bits per heavy atom. The minimum absolute atomic E-state index is 0.631. The molecule has 1 nitrogen and oxygen atoms in total. The SMILES string of the molecule is CCNC(c1ccsc1)C1CC2CCC1C2. The van der Waals surface area contributed by atoms with Crippen LogP contribution < -0.4 is 5.32 Å². The van der Waals surface area contributed by atoms with Gasteiger partial charge < -0.3 is 5.32 Å². The molecule has 2 aliphatic carbocycles. The lowest BCUT2D eigenvalue weighted by Crippen LogP contribution is -2.31. The van der Waals surface area contributed by atoms with E-state index in [2.05, 4.69) is 29.1 Å². The summed E-state index contributed by atoms with van der Waals surface area (Å²) < 4.78 is 0. The van der Waals surface area contributed by atoms with Crippen molar-refractivity contribution in [1.29, 1.82) is 0 Å². The predicted octanol–water partition coefficient (Wildman–Crippen LogP) is 3.83. The van der Waals surface area contributed by atoms with Crippen LogP contribution in [0, 0.1) is 17.8 Å². The van der Waals surface area contributed by atoms with Gasteiger partial charge in [-0.05, 0) is 66.0 Å². The summed E-state index contributed by atoms with van der Waals surface area (Å²) in [6.07, 6.45) is 5.97. The van der Waals surface area contributed by atoms with Crippen molar-refractivity contribution < 1.29 is 0 Å². The van der Waals surface area contributed by atoms with E-state index >= 15 is 0 Å². The highest BCUT2D eigenvalue weighted by Crippen LogP contribution is 2.52. The van der Waals surface area contributed by atoms with Crippen molar-refractivity contribution in [3.63, 3.8) is 0 Å². The monoisotopic (exact) mass is 235 g/mol. The van der Waals surface area contributed by atoms with Gasteiger partial charge in [-0.2, -0.15) is 11.3 Å². The molecule has 0 spiro atoms. The molecule has 2 bridgehead atoms. The first-order valence-electron chi connectivity index (χ1n) is 6.64. The summed E-state index contributed by atoms with van der Waals surface area (Å²) in [7, 11) is 0. The Kier molecular flexibility index (Phi) is 3.03. The first kappa shape index (κ1) is 10.8. The molecule has 88 valence electrons. The average molecular weight is 235 g/mol. The van der Waals surface area contributed by atoms with Crippen LogP contribution in [-0.4, -0.2) is 6.54 Å². The minimum Gasteiger partial charge on any atom is -0.310 e. The Morgan fingerprint density at radius 2 is 2.38 bits per heavy atom. The van der Waals surface area contributed by atoms with Gasteiger partial charge in [-0.1, -0.05) is 13.3 Å². The van der Waals surface area contributed by atoms with Crippen LogP contribution in [0.5, 0.6) is 0 Å². The fourth-order valence-corrected chi connectivity index (χ4v) is 4.59. The molecule has 0 saturated heterocycles. The molecular weight excluding hydrogens is 214 g/mol. The van der Waals surface area contributed by atoms with Crippen molar-refractivity contribution in [2.24, 2.45) is 17.8 Å². The molecule has 16 heavy (non-hydrogen) atoms. The number of hydrogen-bond acceptors (Lipinski definition) is 2. The first-order chi connectivity index (χ1) is 7.88. The topological polar surface area (TPSA) is 12.0 Å². The van der Waals surface area contributed by atoms with Crippen molar-refractivity contribution in [1.82, 2.24) is 5.32 Å². The van der Waals surface area contributed by atoms with E-state index in [1.54, 1.807) is 0 Å². The van der Waals surface area contributed by atoms with E-state index in [9.17, 15) is 0 Å². The number of rotatable bonds is 4. The summed E-state index contributed by atoms with van der Waals surface area (Å²) in [6.45, 7) is 3.32. The first-order valence-corrected chi connectivity index (χ1v) is 7.58. The molecular formula is C14H21NS. The van der Waals surface area contributed by atoms with Crippen LogP contribution in [0.25, 0.3) is 0 Å². The van der Waals surface area contributed by atoms with E-state index in [0.717, 1.165) is 24.3 Å². The number of thiophene rings is 1. The smallest absolute Gasteiger partial charge is 0.0359 e. The van der Waals surface area contributed by atoms with E-state index in [0.29, 0.717) is 6.04 Å². The number of nitrogens with one attached hydrogen (secondary N) is 1. The van der Waals surface area contributed by atoms with E-state index in [4.69, 9.17) is 0 Å². The van der Waals surface area contributed by atoms with Crippen LogP contribution >= 0.6 is 11.3 Å². The highest BCUT2D eigenvalue weighted by molar-refractivity contribution is 7.07. The molecule has 2 saturated carbocycles. The van der Waals surface area contributed by atoms with Crippen LogP contribution in [0.2, 0.25) is 0 Å². The molecule has 1 aromatic heterocycles. The van der Waals surface area contributed by atoms with Crippen molar-refractivity contribution in [3.05, 3.63) is 22.4 Å². The third-order valence-corrected chi connectivity index (χ3v) is 5.25. The van der Waals surface area contributed by atoms with Crippen molar-refractivity contribution in [2.75, 3.05) is 6.54 Å². The maximum Gasteiger partial charge on any atom is 0.0359 e. The van der Waals surface area contributed by atoms with Gasteiger partial charge in [0.05, 0.1) is 0 Å². The second kappa shape index (κ2) is 4.50. The Labute approximate surface area is 102 Å². The lowest BCUT2D eigenvalue weighted by Gasteiger charge is -2.30. The molecule has 0 aliphatic heterocycles. The van der Waals surface area contributed by atoms with Crippen LogP contribution in [0.1, 0.15) is 44.2 Å². The van der Waals surface area contributed by atoms with Gasteiger partial charge in [0.15, 0.2) is 0 Å². The summed E-state index contributed by atoms with van der Waals surface area (Å²) in [5.74, 6) is 2.97. The zero-order chi connectivity index (χ0) is 11.0. The summed E-state index contributed by atoms with van der Waals surface area (Å²) >= 11 is 1.83. The average Bonchev–Trinajstić information content (AvgIpc) is 3.01. The minimum atomic E-state index is 0.631. The van der Waals surface area contributed by atoms with Crippen molar-refractivity contribution >= 4 is 11.3 Å². The van der Waals surface area contributed by atoms with Gasteiger partial charge in [0.25, 0.3) is 0 Å². The van der Waals surface area contributed by atoms with Gasteiger partial charge in [-0.25, -0.2) is 0 Å². The Hall–Kier alpha value is -0.340. The van der Waals surface area contributed by atoms with E-state index in [1.807, 2.05) is 11.3 Å². The fourth-order valence-electron chi connectivity index (χ4n) is 3.89. The van der Waals surface area contributed by atoms with Crippen LogP contribution in [0.15, 0.2) is 16.8 Å². The highest BCUT2D eigenvalue weighted by Gasteiger charge is 2.43. The Balaban J connectivity index is 1.78. The molecule has 4 unspecified atom stereocenters. The lowest BCUT2D eigenvalue weighted by atomic mass is 9.81. The standard InChI is InChI=1S/C14H21NS/c1-2-15-14(12-5-6-16-9-12)13-8-10-3-4-11(13)7-10/h5-6,9-11,13-15H,2-4,7-8H2,1H3. The van der Waals surface area contributed by atoms with E-state index in [1.165, 1.54) is 31.2 Å². The lowest BCUT2D eigenvalue weighted by molar-refractivity contribution is 0.253. The fraction of sp³-hybridized carbons (Fsp3) is 0.714. The predicted molar refractivity (Wildman–Crippen MR) is 69.7 cm³/mol. The molecule has 2 fully saturated rings. The Bertz CT molecular complexity index is 333. The van der Waals surface area contributed by atoms with Crippen LogP contribution in [0.4, 0.5) is 0 Å². The maximum atomic E-state index is 3.72. The van der Waals surface area contributed by atoms with Crippen LogP contribution in [-0.2, 0) is 0 Å². The zero-order valence-corrected chi connectivity index (χ0v) is 10.8. The van der Waals surface area contributed by atoms with Gasteiger partial charge in [0.1, 0.15) is 0 Å². The van der Waals surface area contributed by atoms with Crippen LogP contribution in [0.3, 0.4) is 0 Å². The molecule has 0 aromatic carbocycles. The second-order valence-electron chi connectivity index (χ2n) is 5.43. The molecule has 1 heterocycles. The summed E-state index contributed by atoms with van der Waals surface area (Å²) in [5, 5.41) is 8.27. The molecule has 0 radical (unpaired) electrons. The third kappa shape index (κ3) is 1.82. The number of hydrogen-bond donors (Lipinski definition) is 1. The summed E-state index contributed by atoms with van der Waals surface area (Å²) in [4.78, 5) is 0. The van der Waals surface area contributed by atoms with Gasteiger partial charge in [0, 0.05) is 6.04 Å². The molecule has 2 aliphatic rings. The second-order valence-corrected chi connectivity index (χ2v) is 6.21. The van der Waals surface area contributed by atoms with Crippen molar-refractivity contribution in [3.8, 4) is 0 Å². The number of fused-ring (bicyclic) bond motifs is 2. The van der Waals surface area contributed by atoms with E-state index < -0.39 is 0 Å². The van der Waals surface area contributed by atoms with Gasteiger partial charge >= 0.3 is 0 Å². The molecule has 1 aromatic rings. The quantitative estimate of drug-likeness (QED) is 0.836.